The first-order valence-electron chi connectivity index (χ1n) is 11.7. The summed E-state index contributed by atoms with van der Waals surface area (Å²) < 4.78 is 0. The molecule has 160 valence electrons. The van der Waals surface area contributed by atoms with Crippen LogP contribution in [0.4, 0.5) is 0 Å². The van der Waals surface area contributed by atoms with Gasteiger partial charge in [-0.25, -0.2) is 0 Å². The Hall–Kier alpha value is -1.21. The highest BCUT2D eigenvalue weighted by molar-refractivity contribution is 7.99. The Morgan fingerprint density at radius 3 is 1.34 bits per heavy atom. The zero-order valence-corrected chi connectivity index (χ0v) is 20.5. The lowest BCUT2D eigenvalue weighted by atomic mass is 9.80. The first-order chi connectivity index (χ1) is 13.8. The molecular formula is C28H42S. The van der Waals surface area contributed by atoms with E-state index in [-0.39, 0.29) is 10.8 Å². The van der Waals surface area contributed by atoms with E-state index in [1.165, 1.54) is 72.3 Å². The predicted octanol–water partition coefficient (Wildman–Crippen LogP) is 9.55. The lowest BCUT2D eigenvalue weighted by Gasteiger charge is -2.30. The minimum Gasteiger partial charge on any atom is -0.0895 e. The maximum Gasteiger partial charge on any atom is 0.0159 e. The highest BCUT2D eigenvalue weighted by atomic mass is 32.2. The molecule has 0 amide bonds. The normalized spacial score (nSPS) is 12.3. The van der Waals surface area contributed by atoms with Crippen LogP contribution in [0.3, 0.4) is 0 Å². The fraction of sp³-hybridized carbons (Fsp3) is 0.571. The number of hydrogen-bond donors (Lipinski definition) is 0. The summed E-state index contributed by atoms with van der Waals surface area (Å²) in [5.74, 6) is 0. The standard InChI is InChI=1S/C28H42S/c1-7-9-15-21-27(3,4)23-17-11-13-19-25(23)29-26-20-14-12-18-24(26)28(5,6)22-16-10-8-2/h11-14,17-20H,7-10,15-16,21-22H2,1-6H3. The van der Waals surface area contributed by atoms with E-state index in [1.54, 1.807) is 0 Å². The molecule has 0 radical (unpaired) electrons. The molecule has 2 aromatic carbocycles. The van der Waals surface area contributed by atoms with Crippen molar-refractivity contribution < 1.29 is 0 Å². The average Bonchev–Trinajstić information content (AvgIpc) is 2.69. The van der Waals surface area contributed by atoms with Crippen molar-refractivity contribution >= 4 is 11.8 Å². The van der Waals surface area contributed by atoms with Gasteiger partial charge in [0.05, 0.1) is 0 Å². The summed E-state index contributed by atoms with van der Waals surface area (Å²) in [5, 5.41) is 0. The molecule has 0 aliphatic rings. The number of benzene rings is 2. The van der Waals surface area contributed by atoms with Crippen molar-refractivity contribution in [2.24, 2.45) is 0 Å². The van der Waals surface area contributed by atoms with Gasteiger partial charge in [0.15, 0.2) is 0 Å². The lowest BCUT2D eigenvalue weighted by Crippen LogP contribution is -2.19. The van der Waals surface area contributed by atoms with E-state index >= 15 is 0 Å². The molecule has 0 nitrogen and oxygen atoms in total. The summed E-state index contributed by atoms with van der Waals surface area (Å²) >= 11 is 1.97. The Labute approximate surface area is 184 Å². The van der Waals surface area contributed by atoms with Crippen molar-refractivity contribution in [2.75, 3.05) is 0 Å². The van der Waals surface area contributed by atoms with Crippen molar-refractivity contribution in [3.8, 4) is 0 Å². The molecule has 1 heteroatoms. The van der Waals surface area contributed by atoms with Gasteiger partial charge in [0, 0.05) is 9.79 Å². The summed E-state index contributed by atoms with van der Waals surface area (Å²) in [7, 11) is 0. The zero-order valence-electron chi connectivity index (χ0n) is 19.7. The van der Waals surface area contributed by atoms with Gasteiger partial charge in [-0.3, -0.25) is 0 Å². The molecule has 2 aromatic rings. The second kappa shape index (κ2) is 11.3. The predicted molar refractivity (Wildman–Crippen MR) is 131 cm³/mol. The molecule has 2 rings (SSSR count). The molecule has 0 saturated carbocycles. The Balaban J connectivity index is 2.30. The van der Waals surface area contributed by atoms with Crippen LogP contribution in [0.1, 0.15) is 104 Å². The third-order valence-electron chi connectivity index (χ3n) is 6.26. The van der Waals surface area contributed by atoms with Gasteiger partial charge < -0.3 is 0 Å². The van der Waals surface area contributed by atoms with Crippen LogP contribution in [-0.4, -0.2) is 0 Å². The van der Waals surface area contributed by atoms with E-state index in [0.29, 0.717) is 0 Å². The van der Waals surface area contributed by atoms with E-state index in [2.05, 4.69) is 90.1 Å². The van der Waals surface area contributed by atoms with Crippen LogP contribution in [-0.2, 0) is 10.8 Å². The molecule has 0 aromatic heterocycles. The van der Waals surface area contributed by atoms with Crippen molar-refractivity contribution in [3.63, 3.8) is 0 Å². The van der Waals surface area contributed by atoms with E-state index in [9.17, 15) is 0 Å². The van der Waals surface area contributed by atoms with Crippen LogP contribution < -0.4 is 0 Å². The van der Waals surface area contributed by atoms with E-state index in [1.807, 2.05) is 11.8 Å². The Kier molecular flexibility index (Phi) is 9.34. The number of hydrogen-bond acceptors (Lipinski definition) is 1. The largest absolute Gasteiger partial charge is 0.0895 e. The topological polar surface area (TPSA) is 0 Å². The Morgan fingerprint density at radius 1 is 0.586 bits per heavy atom. The van der Waals surface area contributed by atoms with Gasteiger partial charge in [-0.15, -0.1) is 0 Å². The molecule has 0 unspecified atom stereocenters. The van der Waals surface area contributed by atoms with E-state index < -0.39 is 0 Å². The lowest BCUT2D eigenvalue weighted by molar-refractivity contribution is 0.442. The molecule has 0 N–H and O–H groups in total. The van der Waals surface area contributed by atoms with Crippen LogP contribution >= 0.6 is 11.8 Å². The minimum atomic E-state index is 0.213. The molecule has 0 heterocycles. The second-order valence-electron chi connectivity index (χ2n) is 9.78. The molecule has 0 fully saturated rings. The average molecular weight is 411 g/mol. The fourth-order valence-corrected chi connectivity index (χ4v) is 5.69. The monoisotopic (exact) mass is 410 g/mol. The smallest absolute Gasteiger partial charge is 0.0159 e. The first kappa shape index (κ1) is 24.1. The Morgan fingerprint density at radius 2 is 0.966 bits per heavy atom. The molecule has 0 spiro atoms. The molecule has 0 bridgehead atoms. The first-order valence-corrected chi connectivity index (χ1v) is 12.5. The summed E-state index contributed by atoms with van der Waals surface area (Å²) in [5.41, 5.74) is 3.42. The van der Waals surface area contributed by atoms with Gasteiger partial charge in [-0.1, -0.05) is 128 Å². The van der Waals surface area contributed by atoms with Crippen LogP contribution in [0.15, 0.2) is 58.3 Å². The summed E-state index contributed by atoms with van der Waals surface area (Å²) in [6, 6.07) is 18.2. The van der Waals surface area contributed by atoms with Crippen LogP contribution in [0.2, 0.25) is 0 Å². The van der Waals surface area contributed by atoms with Crippen molar-refractivity contribution in [2.45, 2.75) is 114 Å². The minimum absolute atomic E-state index is 0.213. The van der Waals surface area contributed by atoms with Gasteiger partial charge in [-0.05, 0) is 46.9 Å². The molecule has 0 saturated heterocycles. The van der Waals surface area contributed by atoms with Gasteiger partial charge in [0.1, 0.15) is 0 Å². The van der Waals surface area contributed by atoms with Crippen LogP contribution in [0.25, 0.3) is 0 Å². The van der Waals surface area contributed by atoms with Gasteiger partial charge in [0.2, 0.25) is 0 Å². The van der Waals surface area contributed by atoms with Crippen molar-refractivity contribution in [1.82, 2.24) is 0 Å². The van der Waals surface area contributed by atoms with Crippen LogP contribution in [0, 0.1) is 0 Å². The third-order valence-corrected chi connectivity index (χ3v) is 7.41. The van der Waals surface area contributed by atoms with Crippen molar-refractivity contribution in [1.29, 1.82) is 0 Å². The highest BCUT2D eigenvalue weighted by Crippen LogP contribution is 2.43. The number of unbranched alkanes of at least 4 members (excludes halogenated alkanes) is 4. The molecule has 0 aliphatic heterocycles. The van der Waals surface area contributed by atoms with Crippen molar-refractivity contribution in [3.05, 3.63) is 59.7 Å². The summed E-state index contributed by atoms with van der Waals surface area (Å²) in [6.45, 7) is 14.3. The maximum absolute atomic E-state index is 2.42. The fourth-order valence-electron chi connectivity index (χ4n) is 4.25. The van der Waals surface area contributed by atoms with Crippen LogP contribution in [0.5, 0.6) is 0 Å². The molecule has 0 atom stereocenters. The third kappa shape index (κ3) is 6.92. The molecular weight excluding hydrogens is 368 g/mol. The highest BCUT2D eigenvalue weighted by Gasteiger charge is 2.26. The van der Waals surface area contributed by atoms with Gasteiger partial charge >= 0.3 is 0 Å². The summed E-state index contributed by atoms with van der Waals surface area (Å²) in [6.07, 6.45) is 10.3. The second-order valence-corrected chi connectivity index (χ2v) is 10.9. The van der Waals surface area contributed by atoms with E-state index in [0.717, 1.165) is 0 Å². The van der Waals surface area contributed by atoms with Gasteiger partial charge in [0.25, 0.3) is 0 Å². The van der Waals surface area contributed by atoms with E-state index in [4.69, 9.17) is 0 Å². The SMILES string of the molecule is CCCCCC(C)(C)c1ccccc1Sc1ccccc1C(C)(C)CCCCC. The van der Waals surface area contributed by atoms with Gasteiger partial charge in [-0.2, -0.15) is 0 Å². The zero-order chi connectivity index (χ0) is 21.3. The molecule has 29 heavy (non-hydrogen) atoms. The Bertz CT molecular complexity index is 678. The number of rotatable bonds is 12. The maximum atomic E-state index is 2.42. The quantitative estimate of drug-likeness (QED) is 0.314. The molecule has 0 aliphatic carbocycles. The summed E-state index contributed by atoms with van der Waals surface area (Å²) in [4.78, 5) is 2.84.